The maximum Gasteiger partial charge on any atom is 0.246 e. The molecule has 1 N–H and O–H groups in total. The highest BCUT2D eigenvalue weighted by atomic mass is 32.1. The number of nitrogens with zero attached hydrogens (tertiary/aromatic N) is 5. The lowest BCUT2D eigenvalue weighted by Crippen LogP contribution is -2.20. The summed E-state index contributed by atoms with van der Waals surface area (Å²) in [5, 5.41) is 14.8. The van der Waals surface area contributed by atoms with E-state index in [2.05, 4.69) is 26.6 Å². The number of carbonyl (C=O) groups excluding carboxylic acids is 1. The topological polar surface area (TPSA) is 77.6 Å². The van der Waals surface area contributed by atoms with Crippen LogP contribution >= 0.6 is 11.3 Å². The van der Waals surface area contributed by atoms with E-state index >= 15 is 0 Å². The zero-order valence-electron chi connectivity index (χ0n) is 15.4. The minimum Gasteiger partial charge on any atom is -0.322 e. The Labute approximate surface area is 160 Å². The van der Waals surface area contributed by atoms with Crippen molar-refractivity contribution in [2.45, 2.75) is 33.9 Å². The largest absolute Gasteiger partial charge is 0.322 e. The van der Waals surface area contributed by atoms with E-state index in [1.807, 2.05) is 43.0 Å². The molecule has 1 amide bonds. The van der Waals surface area contributed by atoms with Crippen molar-refractivity contribution >= 4 is 34.0 Å². The van der Waals surface area contributed by atoms with Crippen LogP contribution < -0.4 is 5.32 Å². The van der Waals surface area contributed by atoms with Crippen LogP contribution in [0, 0.1) is 13.8 Å². The van der Waals surface area contributed by atoms with Crippen molar-refractivity contribution in [3.63, 3.8) is 0 Å². The molecule has 0 aliphatic rings. The smallest absolute Gasteiger partial charge is 0.246 e. The monoisotopic (exact) mass is 380 g/mol. The number of rotatable bonds is 5. The first-order valence-electron chi connectivity index (χ1n) is 8.76. The van der Waals surface area contributed by atoms with Gasteiger partial charge in [-0.25, -0.2) is 9.67 Å². The number of amides is 1. The Morgan fingerprint density at radius 3 is 2.81 bits per heavy atom. The van der Waals surface area contributed by atoms with E-state index in [1.54, 1.807) is 28.4 Å². The molecule has 4 aromatic heterocycles. The molecule has 27 heavy (non-hydrogen) atoms. The maximum atomic E-state index is 12.6. The molecule has 0 saturated carbocycles. The first kappa shape index (κ1) is 17.4. The molecule has 8 heteroatoms. The second kappa shape index (κ2) is 6.96. The number of hydrogen-bond donors (Lipinski definition) is 1. The predicted octanol–water partition coefficient (Wildman–Crippen LogP) is 3.63. The summed E-state index contributed by atoms with van der Waals surface area (Å²) in [7, 11) is 0. The van der Waals surface area contributed by atoms with Crippen molar-refractivity contribution in [3.05, 3.63) is 47.4 Å². The fraction of sp³-hybridized carbons (Fsp3) is 0.263. The van der Waals surface area contributed by atoms with Gasteiger partial charge in [-0.05, 0) is 38.3 Å². The SMILES string of the molecule is CCn1ncc(NC(=O)Cn2nc(C)c3c(-c4cccs4)ccnc32)c1C. The van der Waals surface area contributed by atoms with E-state index in [0.717, 1.165) is 45.1 Å². The van der Waals surface area contributed by atoms with Crippen LogP contribution in [-0.4, -0.2) is 30.5 Å². The Kier molecular flexibility index (Phi) is 4.49. The highest BCUT2D eigenvalue weighted by Crippen LogP contribution is 2.32. The molecule has 0 fully saturated rings. The van der Waals surface area contributed by atoms with Crippen molar-refractivity contribution in [1.82, 2.24) is 24.5 Å². The zero-order chi connectivity index (χ0) is 19.0. The van der Waals surface area contributed by atoms with Crippen LogP contribution in [0.3, 0.4) is 0 Å². The normalized spacial score (nSPS) is 11.2. The fourth-order valence-electron chi connectivity index (χ4n) is 3.24. The number of carbonyl (C=O) groups is 1. The molecular weight excluding hydrogens is 360 g/mol. The molecular formula is C19H20N6OS. The van der Waals surface area contributed by atoms with Gasteiger partial charge in [0, 0.05) is 23.2 Å². The summed E-state index contributed by atoms with van der Waals surface area (Å²) in [4.78, 5) is 18.2. The minimum atomic E-state index is -0.151. The van der Waals surface area contributed by atoms with Crippen molar-refractivity contribution in [1.29, 1.82) is 0 Å². The summed E-state index contributed by atoms with van der Waals surface area (Å²) in [6.07, 6.45) is 3.44. The third kappa shape index (κ3) is 3.12. The van der Waals surface area contributed by atoms with Crippen LogP contribution in [0.15, 0.2) is 36.0 Å². The van der Waals surface area contributed by atoms with Crippen molar-refractivity contribution in [3.8, 4) is 10.4 Å². The average Bonchev–Trinajstić information content (AvgIpc) is 3.37. The van der Waals surface area contributed by atoms with Gasteiger partial charge < -0.3 is 5.32 Å². The molecule has 0 radical (unpaired) electrons. The van der Waals surface area contributed by atoms with Crippen LogP contribution in [0.5, 0.6) is 0 Å². The Balaban J connectivity index is 1.63. The molecule has 7 nitrogen and oxygen atoms in total. The van der Waals surface area contributed by atoms with Gasteiger partial charge in [-0.3, -0.25) is 9.48 Å². The molecule has 4 heterocycles. The van der Waals surface area contributed by atoms with E-state index in [9.17, 15) is 4.79 Å². The van der Waals surface area contributed by atoms with Gasteiger partial charge in [-0.2, -0.15) is 10.2 Å². The number of hydrogen-bond acceptors (Lipinski definition) is 5. The third-order valence-corrected chi connectivity index (χ3v) is 5.47. The fourth-order valence-corrected chi connectivity index (χ4v) is 4.00. The van der Waals surface area contributed by atoms with Crippen molar-refractivity contribution in [2.75, 3.05) is 5.32 Å². The summed E-state index contributed by atoms with van der Waals surface area (Å²) in [6.45, 7) is 6.77. The number of nitrogens with one attached hydrogen (secondary N) is 1. The van der Waals surface area contributed by atoms with Crippen LogP contribution in [0.1, 0.15) is 18.3 Å². The zero-order valence-corrected chi connectivity index (χ0v) is 16.2. The van der Waals surface area contributed by atoms with Gasteiger partial charge >= 0.3 is 0 Å². The summed E-state index contributed by atoms with van der Waals surface area (Å²) in [5.74, 6) is -0.151. The molecule has 0 spiro atoms. The highest BCUT2D eigenvalue weighted by Gasteiger charge is 2.17. The number of fused-ring (bicyclic) bond motifs is 1. The van der Waals surface area contributed by atoms with Gasteiger partial charge in [0.05, 0.1) is 28.7 Å². The summed E-state index contributed by atoms with van der Waals surface area (Å²) < 4.78 is 3.51. The first-order chi connectivity index (χ1) is 13.1. The van der Waals surface area contributed by atoms with Crippen LogP contribution in [0.4, 0.5) is 5.69 Å². The van der Waals surface area contributed by atoms with E-state index in [1.165, 1.54) is 0 Å². The van der Waals surface area contributed by atoms with E-state index in [4.69, 9.17) is 0 Å². The average molecular weight is 380 g/mol. The second-order valence-electron chi connectivity index (χ2n) is 6.29. The molecule has 0 saturated heterocycles. The van der Waals surface area contributed by atoms with Gasteiger partial charge in [0.25, 0.3) is 0 Å². The molecule has 4 rings (SSSR count). The lowest BCUT2D eigenvalue weighted by atomic mass is 10.1. The van der Waals surface area contributed by atoms with Gasteiger partial charge in [-0.1, -0.05) is 6.07 Å². The molecule has 4 aromatic rings. The lowest BCUT2D eigenvalue weighted by Gasteiger charge is -2.06. The lowest BCUT2D eigenvalue weighted by molar-refractivity contribution is -0.116. The van der Waals surface area contributed by atoms with E-state index < -0.39 is 0 Å². The number of thiophene rings is 1. The number of aryl methyl sites for hydroxylation is 2. The number of anilines is 1. The first-order valence-corrected chi connectivity index (χ1v) is 9.64. The van der Waals surface area contributed by atoms with Crippen molar-refractivity contribution in [2.24, 2.45) is 0 Å². The van der Waals surface area contributed by atoms with E-state index in [0.29, 0.717) is 0 Å². The van der Waals surface area contributed by atoms with Crippen molar-refractivity contribution < 1.29 is 4.79 Å². The summed E-state index contributed by atoms with van der Waals surface area (Å²) >= 11 is 1.68. The molecule has 0 atom stereocenters. The quantitative estimate of drug-likeness (QED) is 0.573. The summed E-state index contributed by atoms with van der Waals surface area (Å²) in [5.41, 5.74) is 4.34. The number of aromatic nitrogens is 5. The van der Waals surface area contributed by atoms with Gasteiger partial charge in [-0.15, -0.1) is 11.3 Å². The van der Waals surface area contributed by atoms with Gasteiger partial charge in [0.2, 0.25) is 5.91 Å². The predicted molar refractivity (Wildman–Crippen MR) is 107 cm³/mol. The maximum absolute atomic E-state index is 12.6. The molecule has 0 unspecified atom stereocenters. The molecule has 0 aliphatic heterocycles. The van der Waals surface area contributed by atoms with Gasteiger partial charge in [0.1, 0.15) is 6.54 Å². The Hall–Kier alpha value is -3.00. The minimum absolute atomic E-state index is 0.0992. The van der Waals surface area contributed by atoms with Crippen LogP contribution in [0.2, 0.25) is 0 Å². The Morgan fingerprint density at radius 1 is 1.26 bits per heavy atom. The third-order valence-electron chi connectivity index (χ3n) is 4.56. The van der Waals surface area contributed by atoms with Crippen LogP contribution in [0.25, 0.3) is 21.5 Å². The standard InChI is InChI=1S/C19H20N6OS/c1-4-24-13(3)15(10-21-24)22-17(26)11-25-19-18(12(2)23-25)14(7-8-20-19)16-6-5-9-27-16/h5-10H,4,11H2,1-3H3,(H,22,26). The molecule has 138 valence electrons. The Bertz CT molecular complexity index is 1110. The Morgan fingerprint density at radius 2 is 2.11 bits per heavy atom. The summed E-state index contributed by atoms with van der Waals surface area (Å²) in [6, 6.07) is 6.10. The van der Waals surface area contributed by atoms with E-state index in [-0.39, 0.29) is 12.5 Å². The van der Waals surface area contributed by atoms with Crippen LogP contribution in [-0.2, 0) is 17.9 Å². The number of pyridine rings is 1. The molecule has 0 aliphatic carbocycles. The second-order valence-corrected chi connectivity index (χ2v) is 7.23. The molecule has 0 aromatic carbocycles. The highest BCUT2D eigenvalue weighted by molar-refractivity contribution is 7.13. The molecule has 0 bridgehead atoms. The van der Waals surface area contributed by atoms with Gasteiger partial charge in [0.15, 0.2) is 5.65 Å².